The van der Waals surface area contributed by atoms with Crippen molar-refractivity contribution in [3.05, 3.63) is 70.8 Å². The largest absolute Gasteiger partial charge is 0.309 e. The van der Waals surface area contributed by atoms with Crippen molar-refractivity contribution in [3.63, 3.8) is 0 Å². The molecule has 0 radical (unpaired) electrons. The summed E-state index contributed by atoms with van der Waals surface area (Å²) in [6.45, 7) is 4.41. The van der Waals surface area contributed by atoms with Crippen LogP contribution in [0.15, 0.2) is 48.5 Å². The predicted octanol–water partition coefficient (Wildman–Crippen LogP) is 4.12. The van der Waals surface area contributed by atoms with Crippen LogP contribution in [0.1, 0.15) is 42.1 Å². The SMILES string of the molecule is CCc1ccc(C(NC)c2ccccc2CC)cc1. The Labute approximate surface area is 116 Å². The summed E-state index contributed by atoms with van der Waals surface area (Å²) in [5, 5.41) is 3.45. The van der Waals surface area contributed by atoms with E-state index < -0.39 is 0 Å². The molecule has 1 nitrogen and oxygen atoms in total. The van der Waals surface area contributed by atoms with Crippen molar-refractivity contribution in [2.75, 3.05) is 7.05 Å². The first-order valence-corrected chi connectivity index (χ1v) is 7.14. The molecule has 100 valence electrons. The van der Waals surface area contributed by atoms with E-state index in [2.05, 4.69) is 67.7 Å². The Bertz CT molecular complexity index is 513. The molecule has 2 rings (SSSR count). The van der Waals surface area contributed by atoms with E-state index in [4.69, 9.17) is 0 Å². The van der Waals surface area contributed by atoms with Crippen molar-refractivity contribution < 1.29 is 0 Å². The van der Waals surface area contributed by atoms with Crippen LogP contribution in [-0.4, -0.2) is 7.05 Å². The van der Waals surface area contributed by atoms with E-state index in [1.807, 2.05) is 7.05 Å². The second kappa shape index (κ2) is 6.53. The summed E-state index contributed by atoms with van der Waals surface area (Å²) in [6.07, 6.45) is 2.16. The number of aryl methyl sites for hydroxylation is 2. The van der Waals surface area contributed by atoms with Gasteiger partial charge in [0.2, 0.25) is 0 Å². The summed E-state index contributed by atoms with van der Waals surface area (Å²) in [5.41, 5.74) is 5.53. The first-order valence-electron chi connectivity index (χ1n) is 7.14. The molecule has 0 saturated carbocycles. The lowest BCUT2D eigenvalue weighted by Gasteiger charge is -2.20. The fraction of sp³-hybridized carbons (Fsp3) is 0.333. The standard InChI is InChI=1S/C18H23N/c1-4-14-10-12-16(13-11-14)18(19-3)17-9-7-6-8-15(17)5-2/h6-13,18-19H,4-5H2,1-3H3. The van der Waals surface area contributed by atoms with Crippen molar-refractivity contribution in [2.45, 2.75) is 32.7 Å². The van der Waals surface area contributed by atoms with E-state index in [9.17, 15) is 0 Å². The smallest absolute Gasteiger partial charge is 0.0576 e. The molecule has 1 unspecified atom stereocenters. The predicted molar refractivity (Wildman–Crippen MR) is 82.5 cm³/mol. The molecule has 0 bridgehead atoms. The van der Waals surface area contributed by atoms with Gasteiger partial charge < -0.3 is 5.32 Å². The van der Waals surface area contributed by atoms with Gasteiger partial charge in [0.15, 0.2) is 0 Å². The van der Waals surface area contributed by atoms with Crippen LogP contribution in [0.5, 0.6) is 0 Å². The molecule has 2 aromatic carbocycles. The quantitative estimate of drug-likeness (QED) is 0.845. The lowest BCUT2D eigenvalue weighted by Crippen LogP contribution is -2.19. The summed E-state index contributed by atoms with van der Waals surface area (Å²) < 4.78 is 0. The van der Waals surface area contributed by atoms with Gasteiger partial charge in [0.1, 0.15) is 0 Å². The van der Waals surface area contributed by atoms with E-state index in [1.54, 1.807) is 0 Å². The monoisotopic (exact) mass is 253 g/mol. The zero-order valence-corrected chi connectivity index (χ0v) is 12.1. The van der Waals surface area contributed by atoms with Gasteiger partial charge in [-0.15, -0.1) is 0 Å². The number of rotatable bonds is 5. The molecular weight excluding hydrogens is 230 g/mol. The van der Waals surface area contributed by atoms with Gasteiger partial charge in [-0.05, 0) is 42.1 Å². The average Bonchev–Trinajstić information content (AvgIpc) is 2.49. The first-order chi connectivity index (χ1) is 9.30. The van der Waals surface area contributed by atoms with Crippen LogP contribution < -0.4 is 5.32 Å². The minimum Gasteiger partial charge on any atom is -0.309 e. The molecular formula is C18H23N. The van der Waals surface area contributed by atoms with Crippen LogP contribution in [0, 0.1) is 0 Å². The molecule has 2 aromatic rings. The normalized spacial score (nSPS) is 12.4. The molecule has 1 N–H and O–H groups in total. The minimum atomic E-state index is 0.280. The lowest BCUT2D eigenvalue weighted by molar-refractivity contribution is 0.684. The Morgan fingerprint density at radius 2 is 1.58 bits per heavy atom. The third kappa shape index (κ3) is 3.05. The van der Waals surface area contributed by atoms with Crippen molar-refractivity contribution in [1.29, 1.82) is 0 Å². The highest BCUT2D eigenvalue weighted by Crippen LogP contribution is 2.25. The average molecular weight is 253 g/mol. The van der Waals surface area contributed by atoms with E-state index in [0.717, 1.165) is 12.8 Å². The molecule has 0 aliphatic heterocycles. The van der Waals surface area contributed by atoms with Gasteiger partial charge in [0.05, 0.1) is 6.04 Å². The third-order valence-corrected chi connectivity index (χ3v) is 3.76. The van der Waals surface area contributed by atoms with Gasteiger partial charge in [-0.25, -0.2) is 0 Å². The zero-order valence-electron chi connectivity index (χ0n) is 12.1. The van der Waals surface area contributed by atoms with Gasteiger partial charge >= 0.3 is 0 Å². The molecule has 0 spiro atoms. The Kier molecular flexibility index (Phi) is 4.75. The maximum atomic E-state index is 3.45. The fourth-order valence-corrected chi connectivity index (χ4v) is 2.59. The molecule has 0 heterocycles. The van der Waals surface area contributed by atoms with E-state index in [1.165, 1.54) is 22.3 Å². The molecule has 0 aliphatic carbocycles. The Morgan fingerprint density at radius 3 is 2.16 bits per heavy atom. The molecule has 0 aliphatic rings. The molecule has 0 fully saturated rings. The summed E-state index contributed by atoms with van der Waals surface area (Å²) in [6, 6.07) is 17.9. The van der Waals surface area contributed by atoms with Gasteiger partial charge in [0, 0.05) is 0 Å². The van der Waals surface area contributed by atoms with Gasteiger partial charge in [-0.1, -0.05) is 62.4 Å². The molecule has 19 heavy (non-hydrogen) atoms. The second-order valence-electron chi connectivity index (χ2n) is 4.87. The molecule has 0 saturated heterocycles. The summed E-state index contributed by atoms with van der Waals surface area (Å²) in [5.74, 6) is 0. The van der Waals surface area contributed by atoms with Crippen LogP contribution in [0.25, 0.3) is 0 Å². The molecule has 0 amide bonds. The van der Waals surface area contributed by atoms with Crippen LogP contribution in [-0.2, 0) is 12.8 Å². The lowest BCUT2D eigenvalue weighted by atomic mass is 9.93. The molecule has 1 atom stereocenters. The summed E-state index contributed by atoms with van der Waals surface area (Å²) in [4.78, 5) is 0. The van der Waals surface area contributed by atoms with Gasteiger partial charge in [0.25, 0.3) is 0 Å². The summed E-state index contributed by atoms with van der Waals surface area (Å²) >= 11 is 0. The molecule has 0 aromatic heterocycles. The number of hydrogen-bond acceptors (Lipinski definition) is 1. The van der Waals surface area contributed by atoms with Crippen molar-refractivity contribution in [2.24, 2.45) is 0 Å². The van der Waals surface area contributed by atoms with Gasteiger partial charge in [-0.3, -0.25) is 0 Å². The first kappa shape index (κ1) is 13.8. The molecule has 1 heteroatoms. The fourth-order valence-electron chi connectivity index (χ4n) is 2.59. The van der Waals surface area contributed by atoms with Crippen molar-refractivity contribution in [3.8, 4) is 0 Å². The summed E-state index contributed by atoms with van der Waals surface area (Å²) in [7, 11) is 2.03. The van der Waals surface area contributed by atoms with Crippen LogP contribution in [0.2, 0.25) is 0 Å². The van der Waals surface area contributed by atoms with E-state index >= 15 is 0 Å². The Morgan fingerprint density at radius 1 is 0.895 bits per heavy atom. The zero-order chi connectivity index (χ0) is 13.7. The Balaban J connectivity index is 2.37. The number of benzene rings is 2. The van der Waals surface area contributed by atoms with Crippen LogP contribution >= 0.6 is 0 Å². The van der Waals surface area contributed by atoms with Crippen molar-refractivity contribution >= 4 is 0 Å². The third-order valence-electron chi connectivity index (χ3n) is 3.76. The van der Waals surface area contributed by atoms with Crippen molar-refractivity contribution in [1.82, 2.24) is 5.32 Å². The van der Waals surface area contributed by atoms with Gasteiger partial charge in [-0.2, -0.15) is 0 Å². The van der Waals surface area contributed by atoms with Crippen LogP contribution in [0.4, 0.5) is 0 Å². The minimum absolute atomic E-state index is 0.280. The maximum absolute atomic E-state index is 3.45. The number of nitrogens with one attached hydrogen (secondary N) is 1. The van der Waals surface area contributed by atoms with E-state index in [0.29, 0.717) is 0 Å². The Hall–Kier alpha value is -1.60. The highest BCUT2D eigenvalue weighted by atomic mass is 14.9. The number of hydrogen-bond donors (Lipinski definition) is 1. The second-order valence-corrected chi connectivity index (χ2v) is 4.87. The van der Waals surface area contributed by atoms with E-state index in [-0.39, 0.29) is 6.04 Å². The highest BCUT2D eigenvalue weighted by molar-refractivity contribution is 5.38. The topological polar surface area (TPSA) is 12.0 Å². The highest BCUT2D eigenvalue weighted by Gasteiger charge is 2.14. The maximum Gasteiger partial charge on any atom is 0.0576 e. The van der Waals surface area contributed by atoms with Crippen LogP contribution in [0.3, 0.4) is 0 Å².